The van der Waals surface area contributed by atoms with Gasteiger partial charge in [-0.25, -0.2) is 4.98 Å². The van der Waals surface area contributed by atoms with Crippen molar-refractivity contribution >= 4 is 17.2 Å². The molecule has 1 aromatic carbocycles. The highest BCUT2D eigenvalue weighted by molar-refractivity contribution is 7.09. The van der Waals surface area contributed by atoms with E-state index in [1.807, 2.05) is 16.3 Å². The molecule has 2 aromatic rings. The zero-order chi connectivity index (χ0) is 14.8. The van der Waals surface area contributed by atoms with Gasteiger partial charge in [0.1, 0.15) is 10.7 Å². The maximum atomic E-state index is 12.7. The predicted octanol–water partition coefficient (Wildman–Crippen LogP) is 2.72. The molecular weight excluding hydrogens is 282 g/mol. The lowest BCUT2D eigenvalue weighted by atomic mass is 10.1. The van der Waals surface area contributed by atoms with Gasteiger partial charge in [0.15, 0.2) is 0 Å². The quantitative estimate of drug-likeness (QED) is 0.923. The van der Waals surface area contributed by atoms with Gasteiger partial charge < -0.3 is 10.6 Å². The lowest BCUT2D eigenvalue weighted by Crippen LogP contribution is -2.32. The zero-order valence-electron chi connectivity index (χ0n) is 12.1. The Kier molecular flexibility index (Phi) is 4.03. The minimum atomic E-state index is 0.0231. The number of amides is 1. The first-order valence-electron chi connectivity index (χ1n) is 7.18. The van der Waals surface area contributed by atoms with Crippen LogP contribution in [0.3, 0.4) is 0 Å². The molecule has 0 atom stereocenters. The van der Waals surface area contributed by atoms with Gasteiger partial charge in [-0.1, -0.05) is 29.8 Å². The molecule has 0 unspecified atom stereocenters. The summed E-state index contributed by atoms with van der Waals surface area (Å²) in [5, 5.41) is 2.63. The molecular formula is C16H19N3OS. The monoisotopic (exact) mass is 301 g/mol. The number of aryl methyl sites for hydroxylation is 1. The van der Waals surface area contributed by atoms with Crippen molar-refractivity contribution in [3.05, 3.63) is 51.5 Å². The highest BCUT2D eigenvalue weighted by Gasteiger charge is 2.33. The van der Waals surface area contributed by atoms with Gasteiger partial charge >= 0.3 is 0 Å². The fraction of sp³-hybridized carbons (Fsp3) is 0.375. The highest BCUT2D eigenvalue weighted by Crippen LogP contribution is 2.30. The number of hydrogen-bond acceptors (Lipinski definition) is 4. The molecule has 5 heteroatoms. The first-order chi connectivity index (χ1) is 10.2. The van der Waals surface area contributed by atoms with Crippen LogP contribution in [-0.4, -0.2) is 21.8 Å². The molecule has 0 spiro atoms. The summed E-state index contributed by atoms with van der Waals surface area (Å²) >= 11 is 1.45. The molecule has 1 aliphatic carbocycles. The maximum absolute atomic E-state index is 12.7. The number of rotatable bonds is 5. The van der Waals surface area contributed by atoms with E-state index in [1.165, 1.54) is 22.5 Å². The minimum Gasteiger partial charge on any atom is -0.330 e. The Morgan fingerprint density at radius 3 is 2.90 bits per heavy atom. The Labute approximate surface area is 128 Å². The summed E-state index contributed by atoms with van der Waals surface area (Å²) < 4.78 is 0. The zero-order valence-corrected chi connectivity index (χ0v) is 12.9. The molecule has 0 aliphatic heterocycles. The molecule has 1 fully saturated rings. The third-order valence-electron chi connectivity index (χ3n) is 3.63. The van der Waals surface area contributed by atoms with Gasteiger partial charge in [0, 0.05) is 24.5 Å². The van der Waals surface area contributed by atoms with E-state index in [4.69, 9.17) is 5.73 Å². The topological polar surface area (TPSA) is 59.2 Å². The summed E-state index contributed by atoms with van der Waals surface area (Å²) in [5.74, 6) is 0.0231. The van der Waals surface area contributed by atoms with Gasteiger partial charge in [0.25, 0.3) is 5.91 Å². The van der Waals surface area contributed by atoms with Gasteiger partial charge in [0.05, 0.1) is 0 Å². The van der Waals surface area contributed by atoms with E-state index in [0.29, 0.717) is 24.8 Å². The molecule has 1 amide bonds. The number of hydrogen-bond donors (Lipinski definition) is 1. The molecule has 3 rings (SSSR count). The molecule has 1 heterocycles. The fourth-order valence-electron chi connectivity index (χ4n) is 2.41. The first kappa shape index (κ1) is 14.2. The summed E-state index contributed by atoms with van der Waals surface area (Å²) in [6, 6.07) is 8.67. The third kappa shape index (κ3) is 3.31. The van der Waals surface area contributed by atoms with E-state index in [2.05, 4.69) is 30.1 Å². The van der Waals surface area contributed by atoms with Crippen LogP contribution in [0.15, 0.2) is 29.6 Å². The van der Waals surface area contributed by atoms with Crippen molar-refractivity contribution in [2.24, 2.45) is 5.73 Å². The van der Waals surface area contributed by atoms with Crippen LogP contribution in [0.2, 0.25) is 0 Å². The normalized spacial score (nSPS) is 14.2. The van der Waals surface area contributed by atoms with Crippen LogP contribution >= 0.6 is 11.3 Å². The molecule has 21 heavy (non-hydrogen) atoms. The molecule has 1 aromatic heterocycles. The van der Waals surface area contributed by atoms with E-state index in [9.17, 15) is 4.79 Å². The van der Waals surface area contributed by atoms with Crippen LogP contribution < -0.4 is 5.73 Å². The Balaban J connectivity index is 1.79. The molecule has 0 bridgehead atoms. The Morgan fingerprint density at radius 1 is 1.48 bits per heavy atom. The molecule has 0 radical (unpaired) electrons. The van der Waals surface area contributed by atoms with Crippen LogP contribution in [0, 0.1) is 6.92 Å². The lowest BCUT2D eigenvalue weighted by Gasteiger charge is -2.21. The van der Waals surface area contributed by atoms with Crippen molar-refractivity contribution in [2.45, 2.75) is 38.9 Å². The first-order valence-corrected chi connectivity index (χ1v) is 8.06. The van der Waals surface area contributed by atoms with E-state index in [-0.39, 0.29) is 5.91 Å². The number of thiazole rings is 1. The summed E-state index contributed by atoms with van der Waals surface area (Å²) in [7, 11) is 0. The molecule has 1 saturated carbocycles. The van der Waals surface area contributed by atoms with Crippen LogP contribution in [-0.2, 0) is 13.1 Å². The van der Waals surface area contributed by atoms with Crippen molar-refractivity contribution in [2.75, 3.05) is 0 Å². The number of carbonyl (C=O) groups excluding carboxylic acids is 1. The summed E-state index contributed by atoms with van der Waals surface area (Å²) in [6.45, 7) is 3.11. The Bertz CT molecular complexity index is 648. The van der Waals surface area contributed by atoms with Crippen molar-refractivity contribution in [3.63, 3.8) is 0 Å². The molecule has 1 aliphatic rings. The number of aromatic nitrogens is 1. The van der Waals surface area contributed by atoms with Crippen molar-refractivity contribution < 1.29 is 4.79 Å². The standard InChI is InChI=1S/C16H19N3OS/c1-11-3-2-4-12(7-11)9-19(13-5-6-13)16(20)14-10-21-15(8-17)18-14/h2-4,7,10,13H,5-6,8-9,17H2,1H3. The van der Waals surface area contributed by atoms with E-state index in [0.717, 1.165) is 17.8 Å². The van der Waals surface area contributed by atoms with Crippen LogP contribution in [0.4, 0.5) is 0 Å². The third-order valence-corrected chi connectivity index (χ3v) is 4.50. The van der Waals surface area contributed by atoms with Gasteiger partial charge in [-0.2, -0.15) is 0 Å². The average molecular weight is 301 g/mol. The summed E-state index contributed by atoms with van der Waals surface area (Å²) in [6.07, 6.45) is 2.18. The van der Waals surface area contributed by atoms with Gasteiger partial charge in [-0.15, -0.1) is 11.3 Å². The van der Waals surface area contributed by atoms with E-state index < -0.39 is 0 Å². The predicted molar refractivity (Wildman–Crippen MR) is 84.1 cm³/mol. The van der Waals surface area contributed by atoms with Gasteiger partial charge in [-0.3, -0.25) is 4.79 Å². The van der Waals surface area contributed by atoms with Gasteiger partial charge in [-0.05, 0) is 25.3 Å². The van der Waals surface area contributed by atoms with Crippen LogP contribution in [0.1, 0.15) is 39.5 Å². The summed E-state index contributed by atoms with van der Waals surface area (Å²) in [5.41, 5.74) is 8.49. The van der Waals surface area contributed by atoms with Crippen molar-refractivity contribution in [1.29, 1.82) is 0 Å². The second kappa shape index (κ2) is 5.95. The molecule has 4 nitrogen and oxygen atoms in total. The number of nitrogens with zero attached hydrogens (tertiary/aromatic N) is 2. The van der Waals surface area contributed by atoms with Crippen LogP contribution in [0.5, 0.6) is 0 Å². The van der Waals surface area contributed by atoms with Crippen LogP contribution in [0.25, 0.3) is 0 Å². The highest BCUT2D eigenvalue weighted by atomic mass is 32.1. The summed E-state index contributed by atoms with van der Waals surface area (Å²) in [4.78, 5) is 18.9. The number of carbonyl (C=O) groups is 1. The Morgan fingerprint density at radius 2 is 2.29 bits per heavy atom. The van der Waals surface area contributed by atoms with Crippen molar-refractivity contribution in [3.8, 4) is 0 Å². The Hall–Kier alpha value is -1.72. The molecule has 2 N–H and O–H groups in total. The molecule has 110 valence electrons. The SMILES string of the molecule is Cc1cccc(CN(C(=O)c2csc(CN)n2)C2CC2)c1. The molecule has 0 saturated heterocycles. The average Bonchev–Trinajstić information content (AvgIpc) is 3.20. The fourth-order valence-corrected chi connectivity index (χ4v) is 3.06. The maximum Gasteiger partial charge on any atom is 0.273 e. The number of benzene rings is 1. The number of nitrogens with two attached hydrogens (primary N) is 1. The van der Waals surface area contributed by atoms with E-state index >= 15 is 0 Å². The lowest BCUT2D eigenvalue weighted by molar-refractivity contribution is 0.0724. The van der Waals surface area contributed by atoms with Crippen molar-refractivity contribution in [1.82, 2.24) is 9.88 Å². The van der Waals surface area contributed by atoms with Gasteiger partial charge in [0.2, 0.25) is 0 Å². The largest absolute Gasteiger partial charge is 0.330 e. The minimum absolute atomic E-state index is 0.0231. The second-order valence-electron chi connectivity index (χ2n) is 5.48. The smallest absolute Gasteiger partial charge is 0.273 e. The van der Waals surface area contributed by atoms with E-state index in [1.54, 1.807) is 0 Å². The second-order valence-corrected chi connectivity index (χ2v) is 6.43.